The van der Waals surface area contributed by atoms with Gasteiger partial charge in [0.1, 0.15) is 24.2 Å². The van der Waals surface area contributed by atoms with Crippen molar-refractivity contribution in [1.82, 2.24) is 10.2 Å². The summed E-state index contributed by atoms with van der Waals surface area (Å²) in [6, 6.07) is 10.3. The summed E-state index contributed by atoms with van der Waals surface area (Å²) in [4.78, 5) is 26.4. The van der Waals surface area contributed by atoms with Crippen molar-refractivity contribution in [2.75, 3.05) is 19.6 Å². The predicted molar refractivity (Wildman–Crippen MR) is 128 cm³/mol. The Morgan fingerprint density at radius 1 is 1.17 bits per heavy atom. The number of nitrogens with one attached hydrogen (secondary N) is 1. The Morgan fingerprint density at radius 3 is 2.71 bits per heavy atom. The smallest absolute Gasteiger partial charge is 0.407 e. The number of alkyl carbamates (subject to hydrolysis) is 1. The third-order valence-corrected chi connectivity index (χ3v) is 7.04. The first-order valence-corrected chi connectivity index (χ1v) is 12.1. The molecule has 2 N–H and O–H groups in total. The molecule has 4 heterocycles. The topological polar surface area (TPSA) is 101 Å². The van der Waals surface area contributed by atoms with Crippen molar-refractivity contribution in [3.8, 4) is 5.75 Å². The molecule has 0 saturated carbocycles. The SMILES string of the molecule is O=C(N[C@H](c1cccc(OCc2ccc(C(=O)O)o2)c1)C1C=CC=CC1)O[C@H]1CN2CCC1CC2. The summed E-state index contributed by atoms with van der Waals surface area (Å²) >= 11 is 0. The minimum atomic E-state index is -1.12. The van der Waals surface area contributed by atoms with Crippen molar-refractivity contribution >= 4 is 12.1 Å². The van der Waals surface area contributed by atoms with Gasteiger partial charge in [-0.15, -0.1) is 0 Å². The van der Waals surface area contributed by atoms with Gasteiger partial charge in [0.15, 0.2) is 0 Å². The number of piperidine rings is 3. The summed E-state index contributed by atoms with van der Waals surface area (Å²) in [6.07, 6.45) is 10.7. The van der Waals surface area contributed by atoms with E-state index in [4.69, 9.17) is 19.0 Å². The molecule has 4 aliphatic rings. The van der Waals surface area contributed by atoms with Gasteiger partial charge < -0.3 is 24.3 Å². The molecule has 3 aliphatic heterocycles. The van der Waals surface area contributed by atoms with Gasteiger partial charge in [0.25, 0.3) is 0 Å². The maximum atomic E-state index is 13.0. The molecule has 8 nitrogen and oxygen atoms in total. The normalized spacial score (nSPS) is 25.7. The van der Waals surface area contributed by atoms with Crippen LogP contribution in [-0.2, 0) is 11.3 Å². The number of hydrogen-bond donors (Lipinski definition) is 2. The van der Waals surface area contributed by atoms with Gasteiger partial charge in [-0.3, -0.25) is 4.90 Å². The molecule has 1 amide bonds. The van der Waals surface area contributed by atoms with E-state index in [1.807, 2.05) is 36.4 Å². The minimum absolute atomic E-state index is 0.0569. The van der Waals surface area contributed by atoms with Crippen molar-refractivity contribution in [3.05, 3.63) is 77.8 Å². The molecule has 1 unspecified atom stereocenters. The average Bonchev–Trinajstić information content (AvgIpc) is 3.37. The molecule has 6 rings (SSSR count). The zero-order valence-electron chi connectivity index (χ0n) is 19.5. The molecular weight excluding hydrogens is 448 g/mol. The monoisotopic (exact) mass is 478 g/mol. The minimum Gasteiger partial charge on any atom is -0.486 e. The second-order valence-electron chi connectivity index (χ2n) is 9.35. The second-order valence-corrected chi connectivity index (χ2v) is 9.35. The van der Waals surface area contributed by atoms with Gasteiger partial charge in [-0.05, 0) is 68.1 Å². The van der Waals surface area contributed by atoms with Gasteiger partial charge in [-0.2, -0.15) is 0 Å². The maximum Gasteiger partial charge on any atom is 0.407 e. The highest BCUT2D eigenvalue weighted by Gasteiger charge is 2.37. The first-order valence-electron chi connectivity index (χ1n) is 12.1. The van der Waals surface area contributed by atoms with Crippen LogP contribution in [0.1, 0.15) is 47.2 Å². The lowest BCUT2D eigenvalue weighted by atomic mass is 9.86. The van der Waals surface area contributed by atoms with Crippen LogP contribution in [-0.4, -0.2) is 47.8 Å². The summed E-state index contributed by atoms with van der Waals surface area (Å²) in [5.74, 6) is 0.305. The third kappa shape index (κ3) is 5.59. The van der Waals surface area contributed by atoms with Crippen LogP contribution in [0, 0.1) is 11.8 Å². The summed E-state index contributed by atoms with van der Waals surface area (Å²) in [7, 11) is 0. The van der Waals surface area contributed by atoms with Crippen molar-refractivity contribution in [2.45, 2.75) is 38.0 Å². The van der Waals surface area contributed by atoms with Crippen molar-refractivity contribution in [3.63, 3.8) is 0 Å². The van der Waals surface area contributed by atoms with E-state index in [9.17, 15) is 9.59 Å². The molecule has 3 saturated heterocycles. The van der Waals surface area contributed by atoms with Crippen LogP contribution in [0.15, 0.2) is 65.1 Å². The molecule has 0 radical (unpaired) electrons. The molecule has 0 spiro atoms. The lowest BCUT2D eigenvalue weighted by molar-refractivity contribution is -0.0342. The molecule has 1 aliphatic carbocycles. The molecular formula is C27H30N2O6. The van der Waals surface area contributed by atoms with E-state index in [1.165, 1.54) is 6.07 Å². The summed E-state index contributed by atoms with van der Waals surface area (Å²) in [5.41, 5.74) is 0.906. The van der Waals surface area contributed by atoms with Gasteiger partial charge in [0.05, 0.1) is 6.04 Å². The molecule has 3 fully saturated rings. The number of carboxylic acid groups (broad SMARTS) is 1. The molecule has 2 bridgehead atoms. The number of nitrogens with zero attached hydrogens (tertiary/aromatic N) is 1. The number of aromatic carboxylic acids is 1. The van der Waals surface area contributed by atoms with Crippen molar-refractivity contribution in [1.29, 1.82) is 0 Å². The summed E-state index contributed by atoms with van der Waals surface area (Å²) in [6.45, 7) is 3.10. The number of carboxylic acids is 1. The fraction of sp³-hybridized carbons (Fsp3) is 0.407. The van der Waals surface area contributed by atoms with Crippen molar-refractivity contribution in [2.24, 2.45) is 11.8 Å². The number of carbonyl (C=O) groups is 2. The number of allylic oxidation sites excluding steroid dienone is 3. The molecule has 184 valence electrons. The van der Waals surface area contributed by atoms with Crippen LogP contribution in [0.2, 0.25) is 0 Å². The Bertz CT molecular complexity index is 1110. The highest BCUT2D eigenvalue weighted by Crippen LogP contribution is 2.32. The van der Waals surface area contributed by atoms with E-state index in [2.05, 4.69) is 22.4 Å². The van der Waals surface area contributed by atoms with E-state index >= 15 is 0 Å². The van der Waals surface area contributed by atoms with E-state index in [-0.39, 0.29) is 36.5 Å². The van der Waals surface area contributed by atoms with Crippen molar-refractivity contribution < 1.29 is 28.6 Å². The van der Waals surface area contributed by atoms with Crippen LogP contribution >= 0.6 is 0 Å². The quantitative estimate of drug-likeness (QED) is 0.574. The number of hydrogen-bond acceptors (Lipinski definition) is 6. The van der Waals surface area contributed by atoms with E-state index < -0.39 is 5.97 Å². The number of ether oxygens (including phenoxy) is 2. The second kappa shape index (κ2) is 10.4. The fourth-order valence-corrected chi connectivity index (χ4v) is 5.15. The Morgan fingerprint density at radius 2 is 2.03 bits per heavy atom. The highest BCUT2D eigenvalue weighted by atomic mass is 16.6. The van der Waals surface area contributed by atoms with Crippen LogP contribution in [0.4, 0.5) is 4.79 Å². The number of fused-ring (bicyclic) bond motifs is 3. The average molecular weight is 479 g/mol. The van der Waals surface area contributed by atoms with Crippen LogP contribution in [0.5, 0.6) is 5.75 Å². The fourth-order valence-electron chi connectivity index (χ4n) is 5.15. The Kier molecular flexibility index (Phi) is 6.90. The van der Waals surface area contributed by atoms with E-state index in [1.54, 1.807) is 6.07 Å². The van der Waals surface area contributed by atoms with E-state index in [0.717, 1.165) is 44.5 Å². The molecule has 1 aromatic carbocycles. The number of rotatable bonds is 8. The number of carbonyl (C=O) groups excluding carboxylic acids is 1. The van der Waals surface area contributed by atoms with Gasteiger partial charge in [0.2, 0.25) is 5.76 Å². The largest absolute Gasteiger partial charge is 0.486 e. The van der Waals surface area contributed by atoms with Crippen LogP contribution < -0.4 is 10.1 Å². The predicted octanol–water partition coefficient (Wildman–Crippen LogP) is 4.55. The van der Waals surface area contributed by atoms with Gasteiger partial charge in [-0.25, -0.2) is 9.59 Å². The number of amides is 1. The summed E-state index contributed by atoms with van der Waals surface area (Å²) < 4.78 is 17.0. The first-order chi connectivity index (χ1) is 17.0. The van der Waals surface area contributed by atoms with Crippen LogP contribution in [0.25, 0.3) is 0 Å². The standard InChI is InChI=1S/C27H30N2O6/c30-26(31)23-10-9-22(34-23)17-33-21-8-4-7-20(15-21)25(19-5-2-1-3-6-19)28-27(32)35-24-16-29-13-11-18(24)12-14-29/h1-5,7-10,15,18-19,24-25H,6,11-14,16-17H2,(H,28,32)(H,30,31)/t19?,24-,25-/m0/s1. The molecule has 2 aromatic rings. The highest BCUT2D eigenvalue weighted by molar-refractivity contribution is 5.84. The van der Waals surface area contributed by atoms with Gasteiger partial charge in [0, 0.05) is 12.5 Å². The molecule has 8 heteroatoms. The molecule has 1 aromatic heterocycles. The zero-order chi connectivity index (χ0) is 24.2. The Balaban J connectivity index is 1.27. The lowest BCUT2D eigenvalue weighted by Gasteiger charge is -2.44. The maximum absolute atomic E-state index is 13.0. The summed E-state index contributed by atoms with van der Waals surface area (Å²) in [5, 5.41) is 12.1. The molecule has 35 heavy (non-hydrogen) atoms. The van der Waals surface area contributed by atoms with Gasteiger partial charge in [-0.1, -0.05) is 36.4 Å². The van der Waals surface area contributed by atoms with Gasteiger partial charge >= 0.3 is 12.1 Å². The number of furan rings is 1. The first kappa shape index (κ1) is 23.2. The third-order valence-electron chi connectivity index (χ3n) is 7.04. The van der Waals surface area contributed by atoms with Crippen LogP contribution in [0.3, 0.4) is 0 Å². The Hall–Kier alpha value is -3.52. The van der Waals surface area contributed by atoms with E-state index in [0.29, 0.717) is 17.4 Å². The number of benzene rings is 1. The zero-order valence-corrected chi connectivity index (χ0v) is 19.5. The lowest BCUT2D eigenvalue weighted by Crippen LogP contribution is -2.52. The Labute approximate surface area is 204 Å². The molecule has 3 atom stereocenters.